The van der Waals surface area contributed by atoms with E-state index < -0.39 is 0 Å². The van der Waals surface area contributed by atoms with Crippen LogP contribution in [0.3, 0.4) is 0 Å². The van der Waals surface area contributed by atoms with E-state index in [9.17, 15) is 5.11 Å². The summed E-state index contributed by atoms with van der Waals surface area (Å²) in [5.41, 5.74) is -0.356. The molecule has 1 rings (SSSR count). The van der Waals surface area contributed by atoms with Gasteiger partial charge in [-0.05, 0) is 37.5 Å². The molecule has 1 aliphatic carbocycles. The van der Waals surface area contributed by atoms with Crippen molar-refractivity contribution < 1.29 is 5.11 Å². The maximum atomic E-state index is 10.7. The molecule has 2 atom stereocenters. The van der Waals surface area contributed by atoms with Gasteiger partial charge < -0.3 is 5.11 Å². The molecule has 2 unspecified atom stereocenters. The summed E-state index contributed by atoms with van der Waals surface area (Å²) in [7, 11) is 0. The van der Waals surface area contributed by atoms with Crippen molar-refractivity contribution in [3.63, 3.8) is 0 Å². The Hall–Kier alpha value is -0.0400. The third kappa shape index (κ3) is 3.48. The third-order valence-corrected chi connectivity index (χ3v) is 4.21. The van der Waals surface area contributed by atoms with Gasteiger partial charge in [-0.3, -0.25) is 0 Å². The number of aliphatic hydroxyl groups is 1. The fourth-order valence-electron chi connectivity index (χ4n) is 3.26. The van der Waals surface area contributed by atoms with Gasteiger partial charge in [-0.25, -0.2) is 0 Å². The molecule has 1 fully saturated rings. The van der Waals surface area contributed by atoms with Crippen LogP contribution in [0.1, 0.15) is 72.1 Å². The van der Waals surface area contributed by atoms with Crippen LogP contribution in [-0.4, -0.2) is 10.7 Å². The van der Waals surface area contributed by atoms with Gasteiger partial charge in [0.05, 0.1) is 5.60 Å². The molecular formula is C14H28O. The van der Waals surface area contributed by atoms with Crippen LogP contribution < -0.4 is 0 Å². The van der Waals surface area contributed by atoms with Crippen LogP contribution in [0.15, 0.2) is 0 Å². The van der Waals surface area contributed by atoms with E-state index in [1.54, 1.807) is 0 Å². The van der Waals surface area contributed by atoms with Gasteiger partial charge in [0, 0.05) is 0 Å². The Morgan fingerprint density at radius 2 is 1.87 bits per heavy atom. The zero-order chi connectivity index (χ0) is 11.3. The van der Waals surface area contributed by atoms with Crippen LogP contribution >= 0.6 is 0 Å². The average Bonchev–Trinajstić information content (AvgIpc) is 2.71. The molecule has 1 aliphatic rings. The van der Waals surface area contributed by atoms with E-state index in [0.717, 1.165) is 12.8 Å². The van der Waals surface area contributed by atoms with E-state index in [1.165, 1.54) is 38.5 Å². The zero-order valence-corrected chi connectivity index (χ0v) is 10.8. The molecule has 0 aromatic rings. The molecule has 0 radical (unpaired) electrons. The van der Waals surface area contributed by atoms with Gasteiger partial charge in [-0.15, -0.1) is 0 Å². The van der Waals surface area contributed by atoms with Gasteiger partial charge >= 0.3 is 0 Å². The predicted molar refractivity (Wildman–Crippen MR) is 65.9 cm³/mol. The van der Waals surface area contributed by atoms with Gasteiger partial charge in [-0.1, -0.05) is 46.5 Å². The maximum Gasteiger partial charge on any atom is 0.0675 e. The molecule has 0 aliphatic heterocycles. The lowest BCUT2D eigenvalue weighted by molar-refractivity contribution is -0.0395. The van der Waals surface area contributed by atoms with E-state index in [-0.39, 0.29) is 5.60 Å². The monoisotopic (exact) mass is 212 g/mol. The maximum absolute atomic E-state index is 10.7. The van der Waals surface area contributed by atoms with E-state index in [2.05, 4.69) is 20.8 Å². The minimum Gasteiger partial charge on any atom is -0.390 e. The van der Waals surface area contributed by atoms with Crippen molar-refractivity contribution in [2.24, 2.45) is 11.8 Å². The summed E-state index contributed by atoms with van der Waals surface area (Å²) >= 11 is 0. The molecule has 0 spiro atoms. The van der Waals surface area contributed by atoms with Crippen LogP contribution in [0.5, 0.6) is 0 Å². The Morgan fingerprint density at radius 1 is 1.27 bits per heavy atom. The van der Waals surface area contributed by atoms with Crippen molar-refractivity contribution in [2.75, 3.05) is 0 Å². The van der Waals surface area contributed by atoms with Gasteiger partial charge in [0.1, 0.15) is 0 Å². The van der Waals surface area contributed by atoms with Crippen molar-refractivity contribution in [3.05, 3.63) is 0 Å². The summed E-state index contributed by atoms with van der Waals surface area (Å²) in [5.74, 6) is 1.27. The second-order valence-electron chi connectivity index (χ2n) is 5.54. The minimum atomic E-state index is -0.356. The van der Waals surface area contributed by atoms with Gasteiger partial charge in [0.15, 0.2) is 0 Å². The molecule has 0 saturated heterocycles. The van der Waals surface area contributed by atoms with Crippen LogP contribution in [0.4, 0.5) is 0 Å². The predicted octanol–water partition coefficient (Wildman–Crippen LogP) is 4.14. The molecule has 1 nitrogen and oxygen atoms in total. The first-order chi connectivity index (χ1) is 7.12. The minimum absolute atomic E-state index is 0.356. The fourth-order valence-corrected chi connectivity index (χ4v) is 3.26. The number of hydrogen-bond acceptors (Lipinski definition) is 1. The summed E-state index contributed by atoms with van der Waals surface area (Å²) in [6, 6.07) is 0. The summed E-state index contributed by atoms with van der Waals surface area (Å²) in [4.78, 5) is 0. The topological polar surface area (TPSA) is 20.2 Å². The molecule has 0 heterocycles. The van der Waals surface area contributed by atoms with E-state index in [0.29, 0.717) is 11.8 Å². The highest BCUT2D eigenvalue weighted by atomic mass is 16.3. The lowest BCUT2D eigenvalue weighted by Gasteiger charge is -2.35. The first-order valence-corrected chi connectivity index (χ1v) is 6.84. The van der Waals surface area contributed by atoms with Gasteiger partial charge in [0.25, 0.3) is 0 Å². The smallest absolute Gasteiger partial charge is 0.0675 e. The summed E-state index contributed by atoms with van der Waals surface area (Å²) in [6.07, 6.45) is 9.62. The lowest BCUT2D eigenvalue weighted by atomic mass is 9.77. The Labute approximate surface area is 95.3 Å². The SMILES string of the molecule is CCCC(C)CC(O)(CC)C1CCCC1. The average molecular weight is 212 g/mol. The van der Waals surface area contributed by atoms with Crippen LogP contribution in [0, 0.1) is 11.8 Å². The van der Waals surface area contributed by atoms with E-state index in [1.807, 2.05) is 0 Å². The van der Waals surface area contributed by atoms with Gasteiger partial charge in [-0.2, -0.15) is 0 Å². The second kappa shape index (κ2) is 5.89. The highest BCUT2D eigenvalue weighted by molar-refractivity contribution is 4.89. The third-order valence-electron chi connectivity index (χ3n) is 4.21. The van der Waals surface area contributed by atoms with Gasteiger partial charge in [0.2, 0.25) is 0 Å². The molecule has 1 heteroatoms. The first-order valence-electron chi connectivity index (χ1n) is 6.84. The first kappa shape index (κ1) is 13.0. The number of rotatable bonds is 6. The Morgan fingerprint density at radius 3 is 2.33 bits per heavy atom. The Bertz CT molecular complexity index is 172. The molecule has 0 aromatic heterocycles. The summed E-state index contributed by atoms with van der Waals surface area (Å²) in [6.45, 7) is 6.67. The number of hydrogen-bond donors (Lipinski definition) is 1. The fraction of sp³-hybridized carbons (Fsp3) is 1.00. The van der Waals surface area contributed by atoms with Crippen LogP contribution in [0.2, 0.25) is 0 Å². The standard InChI is InChI=1S/C14H28O/c1-4-8-12(3)11-14(15,5-2)13-9-6-7-10-13/h12-13,15H,4-11H2,1-3H3. The molecule has 1 N–H and O–H groups in total. The van der Waals surface area contributed by atoms with E-state index >= 15 is 0 Å². The second-order valence-corrected chi connectivity index (χ2v) is 5.54. The Kier molecular flexibility index (Phi) is 5.11. The molecule has 0 amide bonds. The van der Waals surface area contributed by atoms with Crippen molar-refractivity contribution in [3.8, 4) is 0 Å². The van der Waals surface area contributed by atoms with Crippen molar-refractivity contribution >= 4 is 0 Å². The quantitative estimate of drug-likeness (QED) is 0.701. The van der Waals surface area contributed by atoms with Crippen LogP contribution in [-0.2, 0) is 0 Å². The molecule has 0 aromatic carbocycles. The zero-order valence-electron chi connectivity index (χ0n) is 10.8. The lowest BCUT2D eigenvalue weighted by Crippen LogP contribution is -2.37. The van der Waals surface area contributed by atoms with E-state index in [4.69, 9.17) is 0 Å². The molecular weight excluding hydrogens is 184 g/mol. The largest absolute Gasteiger partial charge is 0.390 e. The van der Waals surface area contributed by atoms with Crippen molar-refractivity contribution in [1.82, 2.24) is 0 Å². The summed E-state index contributed by atoms with van der Waals surface area (Å²) < 4.78 is 0. The van der Waals surface area contributed by atoms with Crippen LogP contribution in [0.25, 0.3) is 0 Å². The highest BCUT2D eigenvalue weighted by Gasteiger charge is 2.37. The van der Waals surface area contributed by atoms with Crippen molar-refractivity contribution in [1.29, 1.82) is 0 Å². The van der Waals surface area contributed by atoms with Crippen molar-refractivity contribution in [2.45, 2.75) is 77.7 Å². The Balaban J connectivity index is 2.50. The normalized spacial score (nSPS) is 24.0. The summed E-state index contributed by atoms with van der Waals surface area (Å²) in [5, 5.41) is 10.7. The molecule has 1 saturated carbocycles. The highest BCUT2D eigenvalue weighted by Crippen LogP contribution is 2.40. The molecule has 90 valence electrons. The molecule has 0 bridgehead atoms. The molecule has 15 heavy (non-hydrogen) atoms.